The summed E-state index contributed by atoms with van der Waals surface area (Å²) in [5, 5.41) is 18.4. The van der Waals surface area contributed by atoms with Gasteiger partial charge in [0.15, 0.2) is 11.6 Å². The number of carbonyl (C=O) groups is 2. The molecule has 2 rings (SSSR count). The van der Waals surface area contributed by atoms with E-state index in [4.69, 9.17) is 21.7 Å². The molecule has 1 unspecified atom stereocenters. The summed E-state index contributed by atoms with van der Waals surface area (Å²) in [6, 6.07) is 0. The molecule has 10 nitrogen and oxygen atoms in total. The Hall–Kier alpha value is -3.27. The van der Waals surface area contributed by atoms with Crippen molar-refractivity contribution in [2.24, 2.45) is 16.5 Å². The SMILES string of the molecule is NC1=NC(N)(c2cnccn2)C=CN1.O=C(O)C=CC(=O)O. The van der Waals surface area contributed by atoms with Crippen LogP contribution in [0.4, 0.5) is 0 Å². The maximum absolute atomic E-state index is 9.55. The summed E-state index contributed by atoms with van der Waals surface area (Å²) in [4.78, 5) is 31.2. The summed E-state index contributed by atoms with van der Waals surface area (Å²) in [5.74, 6) is -2.25. The van der Waals surface area contributed by atoms with Crippen LogP contribution in [0.25, 0.3) is 0 Å². The maximum Gasteiger partial charge on any atom is 0.328 e. The molecule has 0 saturated heterocycles. The fourth-order valence-electron chi connectivity index (χ4n) is 1.31. The standard InChI is InChI=1S/C8H10N6.C4H4O4/c9-7-13-2-1-8(10,14-7)6-5-11-3-4-12-6;5-3(6)1-2-4(7)8/h1-5H,10H2,(H3,9,13,14);1-2H,(H,5,6)(H,7,8). The van der Waals surface area contributed by atoms with Crippen LogP contribution in [0.5, 0.6) is 0 Å². The van der Waals surface area contributed by atoms with E-state index in [2.05, 4.69) is 20.3 Å². The number of nitrogens with zero attached hydrogens (tertiary/aromatic N) is 3. The van der Waals surface area contributed by atoms with Gasteiger partial charge in [-0.25, -0.2) is 14.6 Å². The van der Waals surface area contributed by atoms with Gasteiger partial charge in [0.05, 0.1) is 6.20 Å². The van der Waals surface area contributed by atoms with E-state index in [9.17, 15) is 9.59 Å². The lowest BCUT2D eigenvalue weighted by molar-refractivity contribution is -0.134. The predicted octanol–water partition coefficient (Wildman–Crippen LogP) is -1.27. The molecule has 10 heteroatoms. The van der Waals surface area contributed by atoms with Crippen molar-refractivity contribution in [2.75, 3.05) is 0 Å². The molecule has 116 valence electrons. The number of rotatable bonds is 3. The Morgan fingerprint density at radius 3 is 2.32 bits per heavy atom. The first-order valence-corrected chi connectivity index (χ1v) is 5.82. The van der Waals surface area contributed by atoms with Gasteiger partial charge in [0, 0.05) is 30.7 Å². The Morgan fingerprint density at radius 1 is 1.23 bits per heavy atom. The first-order chi connectivity index (χ1) is 10.3. The highest BCUT2D eigenvalue weighted by Crippen LogP contribution is 2.19. The van der Waals surface area contributed by atoms with E-state index in [-0.39, 0.29) is 5.96 Å². The minimum absolute atomic E-state index is 0.264. The highest BCUT2D eigenvalue weighted by atomic mass is 16.4. The lowest BCUT2D eigenvalue weighted by atomic mass is 10.1. The molecule has 0 radical (unpaired) electrons. The largest absolute Gasteiger partial charge is 0.478 e. The van der Waals surface area contributed by atoms with E-state index in [0.717, 1.165) is 0 Å². The number of guanidine groups is 1. The van der Waals surface area contributed by atoms with Gasteiger partial charge in [-0.2, -0.15) is 0 Å². The Bertz CT molecular complexity index is 612. The van der Waals surface area contributed by atoms with Gasteiger partial charge < -0.3 is 21.3 Å². The van der Waals surface area contributed by atoms with Crippen molar-refractivity contribution < 1.29 is 19.8 Å². The molecule has 1 aromatic rings. The van der Waals surface area contributed by atoms with E-state index >= 15 is 0 Å². The van der Waals surface area contributed by atoms with E-state index in [1.54, 1.807) is 30.9 Å². The first-order valence-electron chi connectivity index (χ1n) is 5.82. The second-order valence-electron chi connectivity index (χ2n) is 3.90. The molecule has 0 amide bonds. The zero-order chi connectivity index (χ0) is 16.6. The van der Waals surface area contributed by atoms with Crippen molar-refractivity contribution in [3.63, 3.8) is 0 Å². The summed E-state index contributed by atoms with van der Waals surface area (Å²) in [6.45, 7) is 0. The highest BCUT2D eigenvalue weighted by molar-refractivity contribution is 5.89. The zero-order valence-corrected chi connectivity index (χ0v) is 11.2. The quantitative estimate of drug-likeness (QED) is 0.426. The van der Waals surface area contributed by atoms with E-state index in [1.165, 1.54) is 0 Å². The van der Waals surface area contributed by atoms with Gasteiger partial charge in [0.1, 0.15) is 5.69 Å². The molecule has 22 heavy (non-hydrogen) atoms. The van der Waals surface area contributed by atoms with Gasteiger partial charge in [0.2, 0.25) is 0 Å². The lowest BCUT2D eigenvalue weighted by Crippen LogP contribution is -2.42. The normalized spacial score (nSPS) is 19.6. The van der Waals surface area contributed by atoms with Crippen LogP contribution in [0.15, 0.2) is 48.0 Å². The molecule has 0 bridgehead atoms. The van der Waals surface area contributed by atoms with Crippen LogP contribution in [-0.4, -0.2) is 38.1 Å². The van der Waals surface area contributed by atoms with Gasteiger partial charge in [0.25, 0.3) is 0 Å². The van der Waals surface area contributed by atoms with E-state index in [1.807, 2.05) is 0 Å². The van der Waals surface area contributed by atoms with E-state index in [0.29, 0.717) is 17.8 Å². The number of hydrogen-bond acceptors (Lipinski definition) is 8. The summed E-state index contributed by atoms with van der Waals surface area (Å²) >= 11 is 0. The molecule has 1 aromatic heterocycles. The maximum atomic E-state index is 9.55. The molecular formula is C12H14N6O4. The molecule has 0 spiro atoms. The number of hydrogen-bond donors (Lipinski definition) is 5. The third kappa shape index (κ3) is 5.38. The van der Waals surface area contributed by atoms with Crippen LogP contribution in [0.2, 0.25) is 0 Å². The van der Waals surface area contributed by atoms with Crippen molar-refractivity contribution in [3.05, 3.63) is 48.7 Å². The molecule has 1 aliphatic rings. The van der Waals surface area contributed by atoms with Crippen LogP contribution in [0.1, 0.15) is 5.69 Å². The van der Waals surface area contributed by atoms with Gasteiger partial charge in [-0.1, -0.05) is 0 Å². The van der Waals surface area contributed by atoms with Crippen molar-refractivity contribution >= 4 is 17.9 Å². The van der Waals surface area contributed by atoms with Crippen molar-refractivity contribution in [1.29, 1.82) is 0 Å². The lowest BCUT2D eigenvalue weighted by Gasteiger charge is -2.23. The number of aromatic nitrogens is 2. The van der Waals surface area contributed by atoms with Gasteiger partial charge in [-0.3, -0.25) is 15.7 Å². The highest BCUT2D eigenvalue weighted by Gasteiger charge is 2.27. The van der Waals surface area contributed by atoms with Crippen LogP contribution in [0, 0.1) is 0 Å². The van der Waals surface area contributed by atoms with Crippen molar-refractivity contribution in [2.45, 2.75) is 5.66 Å². The average Bonchev–Trinajstić information content (AvgIpc) is 2.46. The van der Waals surface area contributed by atoms with Crippen molar-refractivity contribution in [3.8, 4) is 0 Å². The van der Waals surface area contributed by atoms with E-state index < -0.39 is 17.6 Å². The van der Waals surface area contributed by atoms with Crippen LogP contribution < -0.4 is 16.8 Å². The Labute approximate surface area is 124 Å². The average molecular weight is 306 g/mol. The fraction of sp³-hybridized carbons (Fsp3) is 0.0833. The summed E-state index contributed by atoms with van der Waals surface area (Å²) in [5.41, 5.74) is 11.0. The second kappa shape index (κ2) is 7.50. The van der Waals surface area contributed by atoms with Gasteiger partial charge in [-0.05, 0) is 6.08 Å². The summed E-state index contributed by atoms with van der Waals surface area (Å²) in [7, 11) is 0. The summed E-state index contributed by atoms with van der Waals surface area (Å²) < 4.78 is 0. The Balaban J connectivity index is 0.000000261. The molecule has 0 saturated carbocycles. The number of aliphatic imine (C=N–C) groups is 1. The smallest absolute Gasteiger partial charge is 0.328 e. The molecule has 0 aliphatic carbocycles. The summed E-state index contributed by atoms with van der Waals surface area (Å²) in [6.07, 6.45) is 9.12. The Morgan fingerprint density at radius 2 is 1.86 bits per heavy atom. The van der Waals surface area contributed by atoms with Gasteiger partial charge in [-0.15, -0.1) is 0 Å². The number of nitrogens with one attached hydrogen (secondary N) is 1. The molecular weight excluding hydrogens is 292 g/mol. The third-order valence-corrected chi connectivity index (χ3v) is 2.22. The molecule has 2 heterocycles. The molecule has 1 aliphatic heterocycles. The van der Waals surface area contributed by atoms with Crippen LogP contribution in [-0.2, 0) is 15.3 Å². The monoisotopic (exact) mass is 306 g/mol. The first kappa shape index (κ1) is 16.8. The predicted molar refractivity (Wildman–Crippen MR) is 76.2 cm³/mol. The van der Waals surface area contributed by atoms with Crippen LogP contribution >= 0.6 is 0 Å². The topological polar surface area (TPSA) is 177 Å². The molecule has 7 N–H and O–H groups in total. The number of aliphatic carboxylic acids is 2. The number of carboxylic acid groups (broad SMARTS) is 2. The number of carboxylic acids is 2. The zero-order valence-electron chi connectivity index (χ0n) is 11.2. The second-order valence-corrected chi connectivity index (χ2v) is 3.90. The fourth-order valence-corrected chi connectivity index (χ4v) is 1.31. The molecule has 1 atom stereocenters. The van der Waals surface area contributed by atoms with Crippen LogP contribution in [0.3, 0.4) is 0 Å². The van der Waals surface area contributed by atoms with Crippen molar-refractivity contribution in [1.82, 2.24) is 15.3 Å². The Kier molecular flexibility index (Phi) is 5.72. The molecule has 0 fully saturated rings. The molecule has 0 aromatic carbocycles. The third-order valence-electron chi connectivity index (χ3n) is 2.22. The number of nitrogens with two attached hydrogens (primary N) is 2. The minimum Gasteiger partial charge on any atom is -0.478 e. The van der Waals surface area contributed by atoms with Gasteiger partial charge >= 0.3 is 11.9 Å². The minimum atomic E-state index is -1.26.